The van der Waals surface area contributed by atoms with Crippen LogP contribution in [0.4, 0.5) is 20.3 Å². The van der Waals surface area contributed by atoms with Gasteiger partial charge in [-0.15, -0.1) is 12.4 Å². The maximum Gasteiger partial charge on any atom is 0.162 e. The topological polar surface area (TPSA) is 56.3 Å². The van der Waals surface area contributed by atoms with Gasteiger partial charge in [0.25, 0.3) is 0 Å². The molecule has 5 nitrogen and oxygen atoms in total. The van der Waals surface area contributed by atoms with Crippen molar-refractivity contribution in [2.24, 2.45) is 0 Å². The van der Waals surface area contributed by atoms with Crippen LogP contribution in [0.15, 0.2) is 67.0 Å². The summed E-state index contributed by atoms with van der Waals surface area (Å²) in [7, 11) is 1.50. The van der Waals surface area contributed by atoms with Crippen LogP contribution >= 0.6 is 12.4 Å². The molecule has 0 atom stereocenters. The monoisotopic (exact) mass is 429 g/mol. The van der Waals surface area contributed by atoms with Gasteiger partial charge in [-0.1, -0.05) is 18.2 Å². The molecule has 4 rings (SSSR count). The summed E-state index contributed by atoms with van der Waals surface area (Å²) in [6.07, 6.45) is 1.49. The van der Waals surface area contributed by atoms with Gasteiger partial charge >= 0.3 is 0 Å². The fourth-order valence-corrected chi connectivity index (χ4v) is 2.93. The molecule has 30 heavy (non-hydrogen) atoms. The van der Waals surface area contributed by atoms with E-state index in [9.17, 15) is 8.78 Å². The molecular formula is C22H18ClF2N3O2. The van der Waals surface area contributed by atoms with Crippen molar-refractivity contribution in [2.45, 2.75) is 6.61 Å². The zero-order valence-corrected chi connectivity index (χ0v) is 16.7. The lowest BCUT2D eigenvalue weighted by molar-refractivity contribution is 0.274. The highest BCUT2D eigenvalue weighted by Gasteiger charge is 2.12. The van der Waals surface area contributed by atoms with Crippen molar-refractivity contribution in [1.82, 2.24) is 9.97 Å². The number of halogens is 3. The number of benzene rings is 3. The lowest BCUT2D eigenvalue weighted by Crippen LogP contribution is -2.03. The number of rotatable bonds is 6. The molecule has 0 spiro atoms. The van der Waals surface area contributed by atoms with E-state index in [0.717, 1.165) is 16.6 Å². The van der Waals surface area contributed by atoms with Crippen molar-refractivity contribution in [3.8, 4) is 11.5 Å². The van der Waals surface area contributed by atoms with E-state index in [4.69, 9.17) is 9.47 Å². The molecule has 0 bridgehead atoms. The number of ether oxygens (including phenoxy) is 2. The molecule has 0 aliphatic carbocycles. The van der Waals surface area contributed by atoms with Crippen LogP contribution < -0.4 is 14.8 Å². The Balaban J connectivity index is 0.00000256. The van der Waals surface area contributed by atoms with Crippen LogP contribution in [0.25, 0.3) is 10.9 Å². The molecule has 0 amide bonds. The van der Waals surface area contributed by atoms with Crippen LogP contribution in [-0.4, -0.2) is 17.1 Å². The molecular weight excluding hydrogens is 412 g/mol. The third kappa shape index (κ3) is 4.41. The van der Waals surface area contributed by atoms with Gasteiger partial charge in [0.2, 0.25) is 0 Å². The molecule has 1 heterocycles. The molecule has 1 aromatic heterocycles. The van der Waals surface area contributed by atoms with Crippen molar-refractivity contribution in [3.63, 3.8) is 0 Å². The molecule has 0 fully saturated rings. The molecule has 154 valence electrons. The second kappa shape index (κ2) is 9.37. The summed E-state index contributed by atoms with van der Waals surface area (Å²) in [6, 6.07) is 16.5. The number of methoxy groups -OCH3 is 1. The summed E-state index contributed by atoms with van der Waals surface area (Å²) >= 11 is 0. The minimum atomic E-state index is -0.655. The summed E-state index contributed by atoms with van der Waals surface area (Å²) < 4.78 is 38.6. The average molecular weight is 430 g/mol. The number of nitrogens with one attached hydrogen (secondary N) is 1. The van der Waals surface area contributed by atoms with Crippen LogP contribution in [0.3, 0.4) is 0 Å². The first-order valence-corrected chi connectivity index (χ1v) is 8.86. The lowest BCUT2D eigenvalue weighted by atomic mass is 10.2. The van der Waals surface area contributed by atoms with Crippen LogP contribution in [-0.2, 0) is 6.61 Å². The van der Waals surface area contributed by atoms with Gasteiger partial charge in [-0.25, -0.2) is 18.7 Å². The van der Waals surface area contributed by atoms with Gasteiger partial charge in [-0.3, -0.25) is 0 Å². The quantitative estimate of drug-likeness (QED) is 0.428. The molecule has 0 aliphatic heterocycles. The van der Waals surface area contributed by atoms with E-state index in [1.807, 2.05) is 24.3 Å². The maximum absolute atomic E-state index is 13.8. The summed E-state index contributed by atoms with van der Waals surface area (Å²) in [5.41, 5.74) is 1.41. The van der Waals surface area contributed by atoms with Gasteiger partial charge < -0.3 is 14.8 Å². The first kappa shape index (κ1) is 21.3. The number of aromatic nitrogens is 2. The highest BCUT2D eigenvalue weighted by Crippen LogP contribution is 2.33. The number of para-hydroxylation sites is 1. The Bertz CT molecular complexity index is 1150. The summed E-state index contributed by atoms with van der Waals surface area (Å²) in [5.74, 6) is 0.133. The van der Waals surface area contributed by atoms with Crippen molar-refractivity contribution in [3.05, 3.63) is 84.2 Å². The summed E-state index contributed by atoms with van der Waals surface area (Å²) in [4.78, 5) is 8.54. The Morgan fingerprint density at radius 1 is 0.900 bits per heavy atom. The molecule has 4 aromatic rings. The largest absolute Gasteiger partial charge is 0.493 e. The number of fused-ring (bicyclic) bond motifs is 1. The van der Waals surface area contributed by atoms with Crippen molar-refractivity contribution in [2.75, 3.05) is 12.4 Å². The van der Waals surface area contributed by atoms with Gasteiger partial charge in [0.05, 0.1) is 18.2 Å². The first-order chi connectivity index (χ1) is 14.2. The Morgan fingerprint density at radius 3 is 2.43 bits per heavy atom. The minimum absolute atomic E-state index is 0. The van der Waals surface area contributed by atoms with E-state index in [-0.39, 0.29) is 24.6 Å². The number of nitrogens with zero attached hydrogens (tertiary/aromatic N) is 2. The third-order valence-electron chi connectivity index (χ3n) is 4.40. The van der Waals surface area contributed by atoms with Crippen LogP contribution in [0, 0.1) is 11.6 Å². The Morgan fingerprint density at radius 2 is 1.67 bits per heavy atom. The van der Waals surface area contributed by atoms with Crippen molar-refractivity contribution < 1.29 is 18.3 Å². The molecule has 0 unspecified atom stereocenters. The number of hydrogen-bond donors (Lipinski definition) is 1. The molecule has 0 saturated heterocycles. The summed E-state index contributed by atoms with van der Waals surface area (Å²) in [5, 5.41) is 4.11. The van der Waals surface area contributed by atoms with E-state index in [1.54, 1.807) is 18.2 Å². The van der Waals surface area contributed by atoms with Gasteiger partial charge in [0.15, 0.2) is 11.5 Å². The lowest BCUT2D eigenvalue weighted by Gasteiger charge is -2.14. The average Bonchev–Trinajstić information content (AvgIpc) is 2.74. The predicted molar refractivity (Wildman–Crippen MR) is 114 cm³/mol. The van der Waals surface area contributed by atoms with Gasteiger partial charge in [0, 0.05) is 17.1 Å². The normalized spacial score (nSPS) is 10.4. The van der Waals surface area contributed by atoms with Crippen molar-refractivity contribution in [1.29, 1.82) is 0 Å². The van der Waals surface area contributed by atoms with E-state index >= 15 is 0 Å². The van der Waals surface area contributed by atoms with Gasteiger partial charge in [-0.05, 0) is 36.4 Å². The molecule has 3 aromatic carbocycles. The molecule has 8 heteroatoms. The SMILES string of the molecule is COc1cc(Nc2ncnc3ccccc23)ccc1OCc1c(F)cccc1F.Cl. The second-order valence-corrected chi connectivity index (χ2v) is 6.22. The Labute approximate surface area is 178 Å². The predicted octanol–water partition coefficient (Wildman–Crippen LogP) is 5.66. The summed E-state index contributed by atoms with van der Waals surface area (Å²) in [6.45, 7) is -0.252. The smallest absolute Gasteiger partial charge is 0.162 e. The van der Waals surface area contributed by atoms with Crippen LogP contribution in [0.2, 0.25) is 0 Å². The first-order valence-electron chi connectivity index (χ1n) is 8.86. The van der Waals surface area contributed by atoms with Crippen molar-refractivity contribution >= 4 is 34.8 Å². The highest BCUT2D eigenvalue weighted by atomic mass is 35.5. The highest BCUT2D eigenvalue weighted by molar-refractivity contribution is 5.90. The molecule has 0 radical (unpaired) electrons. The van der Waals surface area contributed by atoms with Gasteiger partial charge in [0.1, 0.15) is 30.4 Å². The Hall–Kier alpha value is -3.45. The zero-order chi connectivity index (χ0) is 20.2. The number of anilines is 2. The van der Waals surface area contributed by atoms with Crippen LogP contribution in [0.1, 0.15) is 5.56 Å². The zero-order valence-electron chi connectivity index (χ0n) is 15.9. The number of hydrogen-bond acceptors (Lipinski definition) is 5. The van der Waals surface area contributed by atoms with Crippen LogP contribution in [0.5, 0.6) is 11.5 Å². The third-order valence-corrected chi connectivity index (χ3v) is 4.40. The molecule has 1 N–H and O–H groups in total. The van der Waals surface area contributed by atoms with E-state index in [0.29, 0.717) is 17.3 Å². The van der Waals surface area contributed by atoms with E-state index in [1.165, 1.54) is 31.6 Å². The Kier molecular flexibility index (Phi) is 6.64. The molecule has 0 aliphatic rings. The fraction of sp³-hybridized carbons (Fsp3) is 0.0909. The fourth-order valence-electron chi connectivity index (χ4n) is 2.93. The van der Waals surface area contributed by atoms with E-state index in [2.05, 4.69) is 15.3 Å². The van der Waals surface area contributed by atoms with E-state index < -0.39 is 11.6 Å². The van der Waals surface area contributed by atoms with Gasteiger partial charge in [-0.2, -0.15) is 0 Å². The minimum Gasteiger partial charge on any atom is -0.493 e. The second-order valence-electron chi connectivity index (χ2n) is 6.22. The molecule has 0 saturated carbocycles. The maximum atomic E-state index is 13.8. The standard InChI is InChI=1S/C22H17F2N3O2.ClH/c1-28-21-11-14(27-22-15-5-2-3-8-19(15)25-13-26-22)9-10-20(21)29-12-16-17(23)6-4-7-18(16)24;/h2-11,13H,12H2,1H3,(H,25,26,27);1H.